The highest BCUT2D eigenvalue weighted by Crippen LogP contribution is 2.18. The van der Waals surface area contributed by atoms with Crippen LogP contribution < -0.4 is 10.1 Å². The Kier molecular flexibility index (Phi) is 7.04. The average Bonchev–Trinajstić information content (AvgIpc) is 2.49. The molecule has 3 nitrogen and oxygen atoms in total. The summed E-state index contributed by atoms with van der Waals surface area (Å²) in [6, 6.07) is 8.38. The van der Waals surface area contributed by atoms with Crippen LogP contribution in [0.2, 0.25) is 0 Å². The van der Waals surface area contributed by atoms with E-state index in [1.54, 1.807) is 0 Å². The second kappa shape index (κ2) is 9.06. The highest BCUT2D eigenvalue weighted by atomic mass is 16.5. The summed E-state index contributed by atoms with van der Waals surface area (Å²) in [5.74, 6) is 1.87. The van der Waals surface area contributed by atoms with Gasteiger partial charge in [-0.25, -0.2) is 0 Å². The minimum Gasteiger partial charge on any atom is -0.492 e. The lowest BCUT2D eigenvalue weighted by molar-refractivity contribution is 0.153. The van der Waals surface area contributed by atoms with Crippen LogP contribution in [0.3, 0.4) is 0 Å². The van der Waals surface area contributed by atoms with Crippen molar-refractivity contribution in [3.63, 3.8) is 0 Å². The lowest BCUT2D eigenvalue weighted by Crippen LogP contribution is -2.37. The third kappa shape index (κ3) is 5.68. The number of piperidine rings is 1. The van der Waals surface area contributed by atoms with E-state index in [2.05, 4.69) is 48.3 Å². The van der Waals surface area contributed by atoms with Crippen LogP contribution in [0.15, 0.2) is 24.3 Å². The highest BCUT2D eigenvalue weighted by molar-refractivity contribution is 5.33. The van der Waals surface area contributed by atoms with E-state index < -0.39 is 0 Å². The molecule has 0 radical (unpaired) electrons. The lowest BCUT2D eigenvalue weighted by Gasteiger charge is -2.30. The molecule has 0 aromatic heterocycles. The Morgan fingerprint density at radius 2 is 2.19 bits per heavy atom. The van der Waals surface area contributed by atoms with Crippen LogP contribution in [0.5, 0.6) is 5.75 Å². The molecule has 1 aliphatic heterocycles. The fourth-order valence-corrected chi connectivity index (χ4v) is 2.97. The van der Waals surface area contributed by atoms with Gasteiger partial charge in [0.05, 0.1) is 0 Å². The molecule has 0 amide bonds. The molecule has 1 unspecified atom stereocenters. The molecular weight excluding hydrogens is 260 g/mol. The van der Waals surface area contributed by atoms with Crippen LogP contribution in [0.1, 0.15) is 38.7 Å². The van der Waals surface area contributed by atoms with Crippen LogP contribution in [0.25, 0.3) is 0 Å². The number of benzene rings is 1. The summed E-state index contributed by atoms with van der Waals surface area (Å²) in [6.07, 6.45) is 3.87. The monoisotopic (exact) mass is 290 g/mol. The SMILES string of the molecule is CCCNCc1ccccc1OCCN1CCCC(C)C1. The zero-order valence-electron chi connectivity index (χ0n) is 13.6. The van der Waals surface area contributed by atoms with E-state index in [-0.39, 0.29) is 0 Å². The Morgan fingerprint density at radius 1 is 1.33 bits per heavy atom. The molecule has 0 saturated carbocycles. The van der Waals surface area contributed by atoms with E-state index in [1.165, 1.54) is 31.5 Å². The minimum absolute atomic E-state index is 0.789. The number of rotatable bonds is 8. The Hall–Kier alpha value is -1.06. The van der Waals surface area contributed by atoms with Gasteiger partial charge in [0.1, 0.15) is 12.4 Å². The molecule has 0 spiro atoms. The van der Waals surface area contributed by atoms with Crippen LogP contribution in [-0.4, -0.2) is 37.7 Å². The molecule has 21 heavy (non-hydrogen) atoms. The van der Waals surface area contributed by atoms with Crippen molar-refractivity contribution in [3.05, 3.63) is 29.8 Å². The fourth-order valence-electron chi connectivity index (χ4n) is 2.97. The molecular formula is C18H30N2O. The van der Waals surface area contributed by atoms with E-state index >= 15 is 0 Å². The summed E-state index contributed by atoms with van der Waals surface area (Å²) in [5, 5.41) is 3.45. The molecule has 1 atom stereocenters. The van der Waals surface area contributed by atoms with Crippen LogP contribution in [0.4, 0.5) is 0 Å². The summed E-state index contributed by atoms with van der Waals surface area (Å²) in [4.78, 5) is 2.53. The van der Waals surface area contributed by atoms with Gasteiger partial charge in [-0.1, -0.05) is 32.0 Å². The molecule has 1 heterocycles. The first-order chi connectivity index (χ1) is 10.3. The molecule has 0 aliphatic carbocycles. The largest absolute Gasteiger partial charge is 0.492 e. The van der Waals surface area contributed by atoms with Crippen molar-refractivity contribution in [1.82, 2.24) is 10.2 Å². The van der Waals surface area contributed by atoms with E-state index in [4.69, 9.17) is 4.74 Å². The zero-order chi connectivity index (χ0) is 14.9. The Balaban J connectivity index is 1.76. The molecule has 118 valence electrons. The van der Waals surface area contributed by atoms with Crippen molar-refractivity contribution in [3.8, 4) is 5.75 Å². The van der Waals surface area contributed by atoms with Gasteiger partial charge in [-0.05, 0) is 44.3 Å². The third-order valence-corrected chi connectivity index (χ3v) is 4.12. The molecule has 0 bridgehead atoms. The van der Waals surface area contributed by atoms with E-state index in [0.717, 1.165) is 44.3 Å². The van der Waals surface area contributed by atoms with Gasteiger partial charge in [0.25, 0.3) is 0 Å². The third-order valence-electron chi connectivity index (χ3n) is 4.12. The second-order valence-electron chi connectivity index (χ2n) is 6.18. The second-order valence-corrected chi connectivity index (χ2v) is 6.18. The number of likely N-dealkylation sites (tertiary alicyclic amines) is 1. The number of nitrogens with zero attached hydrogens (tertiary/aromatic N) is 1. The fraction of sp³-hybridized carbons (Fsp3) is 0.667. The molecule has 1 N–H and O–H groups in total. The zero-order valence-corrected chi connectivity index (χ0v) is 13.6. The quantitative estimate of drug-likeness (QED) is 0.744. The maximum absolute atomic E-state index is 6.02. The van der Waals surface area contributed by atoms with Crippen molar-refractivity contribution in [1.29, 1.82) is 0 Å². The lowest BCUT2D eigenvalue weighted by atomic mass is 10.0. The molecule has 3 heteroatoms. The van der Waals surface area contributed by atoms with Gasteiger partial charge < -0.3 is 10.1 Å². The first-order valence-electron chi connectivity index (χ1n) is 8.43. The molecule has 1 aromatic carbocycles. The van der Waals surface area contributed by atoms with Gasteiger partial charge in [-0.3, -0.25) is 4.90 Å². The number of ether oxygens (including phenoxy) is 1. The predicted molar refractivity (Wildman–Crippen MR) is 88.8 cm³/mol. The van der Waals surface area contributed by atoms with Gasteiger partial charge in [0, 0.05) is 25.2 Å². The maximum Gasteiger partial charge on any atom is 0.123 e. The van der Waals surface area contributed by atoms with E-state index in [0.29, 0.717) is 0 Å². The standard InChI is InChI=1S/C18H30N2O/c1-3-10-19-14-17-8-4-5-9-18(17)21-13-12-20-11-6-7-16(2)15-20/h4-5,8-9,16,19H,3,6-7,10-15H2,1-2H3. The minimum atomic E-state index is 0.789. The summed E-state index contributed by atoms with van der Waals surface area (Å²) in [7, 11) is 0. The van der Waals surface area contributed by atoms with Crippen molar-refractivity contribution >= 4 is 0 Å². The Bertz CT molecular complexity index is 408. The molecule has 1 saturated heterocycles. The van der Waals surface area contributed by atoms with Crippen LogP contribution in [0, 0.1) is 5.92 Å². The number of para-hydroxylation sites is 1. The Morgan fingerprint density at radius 3 is 3.00 bits per heavy atom. The number of nitrogens with one attached hydrogen (secondary N) is 1. The van der Waals surface area contributed by atoms with E-state index in [9.17, 15) is 0 Å². The molecule has 1 aliphatic rings. The first kappa shape index (κ1) is 16.3. The van der Waals surface area contributed by atoms with E-state index in [1.807, 2.05) is 0 Å². The highest BCUT2D eigenvalue weighted by Gasteiger charge is 2.15. The van der Waals surface area contributed by atoms with Crippen molar-refractivity contribution in [2.45, 2.75) is 39.7 Å². The average molecular weight is 290 g/mol. The molecule has 1 aromatic rings. The van der Waals surface area contributed by atoms with Crippen molar-refractivity contribution < 1.29 is 4.74 Å². The molecule has 1 fully saturated rings. The maximum atomic E-state index is 6.02. The predicted octanol–water partition coefficient (Wildman–Crippen LogP) is 3.30. The van der Waals surface area contributed by atoms with Gasteiger partial charge in [-0.15, -0.1) is 0 Å². The number of hydrogen-bond donors (Lipinski definition) is 1. The topological polar surface area (TPSA) is 24.5 Å². The smallest absolute Gasteiger partial charge is 0.123 e. The Labute approximate surface area is 129 Å². The van der Waals surface area contributed by atoms with Gasteiger partial charge in [0.15, 0.2) is 0 Å². The normalized spacial score (nSPS) is 19.6. The van der Waals surface area contributed by atoms with Gasteiger partial charge in [-0.2, -0.15) is 0 Å². The van der Waals surface area contributed by atoms with Crippen LogP contribution in [-0.2, 0) is 6.54 Å². The number of hydrogen-bond acceptors (Lipinski definition) is 3. The summed E-state index contributed by atoms with van der Waals surface area (Å²) in [6.45, 7) is 10.8. The van der Waals surface area contributed by atoms with Crippen molar-refractivity contribution in [2.75, 3.05) is 32.8 Å². The summed E-state index contributed by atoms with van der Waals surface area (Å²) >= 11 is 0. The van der Waals surface area contributed by atoms with Crippen LogP contribution >= 0.6 is 0 Å². The summed E-state index contributed by atoms with van der Waals surface area (Å²) in [5.41, 5.74) is 1.26. The summed E-state index contributed by atoms with van der Waals surface area (Å²) < 4.78 is 6.02. The molecule has 2 rings (SSSR count). The first-order valence-corrected chi connectivity index (χ1v) is 8.43. The van der Waals surface area contributed by atoms with Gasteiger partial charge in [0.2, 0.25) is 0 Å². The van der Waals surface area contributed by atoms with Gasteiger partial charge >= 0.3 is 0 Å². The van der Waals surface area contributed by atoms with Crippen molar-refractivity contribution in [2.24, 2.45) is 5.92 Å².